The highest BCUT2D eigenvalue weighted by molar-refractivity contribution is 7.89. The second-order valence-electron chi connectivity index (χ2n) is 6.87. The van der Waals surface area contributed by atoms with Gasteiger partial charge in [-0.25, -0.2) is 17.9 Å². The number of sulfonamides is 1. The van der Waals surface area contributed by atoms with Crippen molar-refractivity contribution in [2.24, 2.45) is 0 Å². The fourth-order valence-corrected chi connectivity index (χ4v) is 4.52. The van der Waals surface area contributed by atoms with Gasteiger partial charge >= 0.3 is 5.97 Å². The number of Topliss-reactive ketones (excluding diaryl/α,β-unsaturated/α-hetero) is 1. The van der Waals surface area contributed by atoms with Crippen molar-refractivity contribution in [3.63, 3.8) is 0 Å². The van der Waals surface area contributed by atoms with E-state index in [-0.39, 0.29) is 17.4 Å². The molecule has 2 aromatic carbocycles. The van der Waals surface area contributed by atoms with Gasteiger partial charge in [-0.3, -0.25) is 4.79 Å². The molecule has 1 atom stereocenters. The molecule has 1 aliphatic carbocycles. The second kappa shape index (κ2) is 7.62. The predicted octanol–water partition coefficient (Wildman–Crippen LogP) is 2.03. The van der Waals surface area contributed by atoms with Crippen LogP contribution in [0.25, 0.3) is 0 Å². The van der Waals surface area contributed by atoms with E-state index < -0.39 is 21.8 Å². The Kier molecular flexibility index (Phi) is 5.43. The number of hydrogen-bond acceptors (Lipinski definition) is 4. The molecule has 2 N–H and O–H groups in total. The minimum Gasteiger partial charge on any atom is -0.476 e. The number of fused-ring (bicyclic) bond motifs is 1. The smallest absolute Gasteiger partial charge is 0.372 e. The Morgan fingerprint density at radius 2 is 1.74 bits per heavy atom. The molecule has 1 aliphatic rings. The van der Waals surface area contributed by atoms with Crippen LogP contribution in [-0.4, -0.2) is 31.3 Å². The number of carboxylic acid groups (broad SMARTS) is 1. The molecular formula is C20H21NO5S. The number of hydrogen-bond donors (Lipinski definition) is 2. The van der Waals surface area contributed by atoms with Gasteiger partial charge in [0.05, 0.1) is 4.90 Å². The molecule has 27 heavy (non-hydrogen) atoms. The van der Waals surface area contributed by atoms with Gasteiger partial charge in [0.1, 0.15) is 0 Å². The number of nitrogens with one attached hydrogen (secondary N) is 1. The van der Waals surface area contributed by atoms with E-state index in [2.05, 4.69) is 4.72 Å². The molecule has 0 spiro atoms. The van der Waals surface area contributed by atoms with E-state index in [1.165, 1.54) is 0 Å². The number of ketones is 1. The summed E-state index contributed by atoms with van der Waals surface area (Å²) >= 11 is 0. The number of carboxylic acids is 1. The topological polar surface area (TPSA) is 101 Å². The first-order chi connectivity index (χ1) is 12.7. The summed E-state index contributed by atoms with van der Waals surface area (Å²) in [6, 6.07) is 12.2. The zero-order valence-electron chi connectivity index (χ0n) is 14.9. The van der Waals surface area contributed by atoms with E-state index in [0.717, 1.165) is 22.3 Å². The Morgan fingerprint density at radius 3 is 2.41 bits per heavy atom. The van der Waals surface area contributed by atoms with Crippen molar-refractivity contribution in [3.05, 3.63) is 64.7 Å². The number of aryl methyl sites for hydroxylation is 2. The van der Waals surface area contributed by atoms with Crippen molar-refractivity contribution in [1.82, 2.24) is 4.72 Å². The Labute approximate surface area is 158 Å². The lowest BCUT2D eigenvalue weighted by atomic mass is 10.0. The van der Waals surface area contributed by atoms with Crippen molar-refractivity contribution in [2.45, 2.75) is 43.5 Å². The van der Waals surface area contributed by atoms with Crippen molar-refractivity contribution < 1.29 is 23.1 Å². The monoisotopic (exact) mass is 387 g/mol. The van der Waals surface area contributed by atoms with Crippen LogP contribution in [0, 0.1) is 6.92 Å². The van der Waals surface area contributed by atoms with Gasteiger partial charge in [0.2, 0.25) is 15.8 Å². The molecule has 0 aromatic heterocycles. The average molecular weight is 387 g/mol. The molecule has 142 valence electrons. The van der Waals surface area contributed by atoms with Crippen molar-refractivity contribution in [2.75, 3.05) is 0 Å². The lowest BCUT2D eigenvalue weighted by Crippen LogP contribution is -2.35. The predicted molar refractivity (Wildman–Crippen MR) is 100 cm³/mol. The summed E-state index contributed by atoms with van der Waals surface area (Å²) in [4.78, 5) is 22.1. The third-order valence-corrected chi connectivity index (χ3v) is 6.27. The first-order valence-electron chi connectivity index (χ1n) is 8.70. The van der Waals surface area contributed by atoms with Crippen LogP contribution in [0.1, 0.15) is 28.7 Å². The number of carbonyl (C=O) groups excluding carboxylic acids is 1. The molecule has 1 unspecified atom stereocenters. The molecule has 0 saturated carbocycles. The molecule has 0 amide bonds. The number of benzene rings is 2. The van der Waals surface area contributed by atoms with Crippen molar-refractivity contribution >= 4 is 21.8 Å². The molecule has 0 aliphatic heterocycles. The van der Waals surface area contributed by atoms with Crippen LogP contribution in [0.5, 0.6) is 0 Å². The molecule has 6 nitrogen and oxygen atoms in total. The van der Waals surface area contributed by atoms with Crippen LogP contribution in [0.15, 0.2) is 47.4 Å². The summed E-state index contributed by atoms with van der Waals surface area (Å²) in [5.74, 6) is -2.22. The summed E-state index contributed by atoms with van der Waals surface area (Å²) in [5, 5.41) is 8.65. The molecule has 2 aromatic rings. The summed E-state index contributed by atoms with van der Waals surface area (Å²) in [6.07, 6.45) is 1.49. The minimum absolute atomic E-state index is 0.0440. The average Bonchev–Trinajstić information content (AvgIpc) is 3.00. The maximum atomic E-state index is 12.6. The SMILES string of the molecule is Cc1ccc(S(=O)(=O)NC2Cc3ccc(CCC(=O)C(=O)O)cc3C2)cc1. The van der Waals surface area contributed by atoms with Gasteiger partial charge in [0, 0.05) is 12.5 Å². The number of carbonyl (C=O) groups is 2. The van der Waals surface area contributed by atoms with Gasteiger partial charge in [-0.2, -0.15) is 0 Å². The zero-order valence-corrected chi connectivity index (χ0v) is 15.8. The minimum atomic E-state index is -3.58. The van der Waals surface area contributed by atoms with Crippen LogP contribution in [0.3, 0.4) is 0 Å². The van der Waals surface area contributed by atoms with Crippen LogP contribution >= 0.6 is 0 Å². The summed E-state index contributed by atoms with van der Waals surface area (Å²) in [5.41, 5.74) is 3.98. The normalized spacial score (nSPS) is 16.1. The molecule has 0 saturated heterocycles. The number of rotatable bonds is 7. The van der Waals surface area contributed by atoms with E-state index in [1.807, 2.05) is 25.1 Å². The lowest BCUT2D eigenvalue weighted by molar-refractivity contribution is -0.149. The van der Waals surface area contributed by atoms with Gasteiger partial charge in [-0.05, 0) is 55.0 Å². The van der Waals surface area contributed by atoms with E-state index >= 15 is 0 Å². The Balaban J connectivity index is 1.66. The molecule has 3 rings (SSSR count). The second-order valence-corrected chi connectivity index (χ2v) is 8.58. The van der Waals surface area contributed by atoms with E-state index in [4.69, 9.17) is 5.11 Å². The fourth-order valence-electron chi connectivity index (χ4n) is 3.28. The fraction of sp³-hybridized carbons (Fsp3) is 0.300. The Bertz CT molecular complexity index is 980. The van der Waals surface area contributed by atoms with Crippen LogP contribution in [-0.2, 0) is 38.9 Å². The van der Waals surface area contributed by atoms with Gasteiger partial charge in [-0.15, -0.1) is 0 Å². The molecule has 0 fully saturated rings. The van der Waals surface area contributed by atoms with Crippen LogP contribution < -0.4 is 4.72 Å². The lowest BCUT2D eigenvalue weighted by Gasteiger charge is -2.12. The Hall–Kier alpha value is -2.51. The third-order valence-electron chi connectivity index (χ3n) is 4.74. The molecular weight excluding hydrogens is 366 g/mol. The maximum absolute atomic E-state index is 12.6. The summed E-state index contributed by atoms with van der Waals surface area (Å²) in [7, 11) is -3.58. The maximum Gasteiger partial charge on any atom is 0.372 e. The first kappa shape index (κ1) is 19.3. The van der Waals surface area contributed by atoms with E-state index in [1.54, 1.807) is 24.3 Å². The highest BCUT2D eigenvalue weighted by Gasteiger charge is 2.26. The van der Waals surface area contributed by atoms with Crippen molar-refractivity contribution in [1.29, 1.82) is 0 Å². The Morgan fingerprint density at radius 1 is 1.07 bits per heavy atom. The highest BCUT2D eigenvalue weighted by atomic mass is 32.2. The quantitative estimate of drug-likeness (QED) is 0.708. The third kappa shape index (κ3) is 4.61. The molecule has 0 heterocycles. The van der Waals surface area contributed by atoms with Gasteiger partial charge in [-0.1, -0.05) is 35.9 Å². The summed E-state index contributed by atoms with van der Waals surface area (Å²) in [6.45, 7) is 1.90. The van der Waals surface area contributed by atoms with Gasteiger partial charge in [0.25, 0.3) is 0 Å². The molecule has 0 bridgehead atoms. The van der Waals surface area contributed by atoms with E-state index in [0.29, 0.717) is 19.3 Å². The summed E-state index contributed by atoms with van der Waals surface area (Å²) < 4.78 is 27.9. The number of aliphatic carboxylic acids is 1. The van der Waals surface area contributed by atoms with Gasteiger partial charge < -0.3 is 5.11 Å². The van der Waals surface area contributed by atoms with E-state index in [9.17, 15) is 18.0 Å². The largest absolute Gasteiger partial charge is 0.476 e. The zero-order chi connectivity index (χ0) is 19.6. The molecule has 0 radical (unpaired) electrons. The molecule has 7 heteroatoms. The first-order valence-corrected chi connectivity index (χ1v) is 10.2. The standard InChI is InChI=1S/C20H21NO5S/c1-13-2-7-18(8-3-13)27(25,26)21-17-11-15-6-4-14(10-16(15)12-17)5-9-19(22)20(23)24/h2-4,6-8,10,17,21H,5,9,11-12H2,1H3,(H,23,24). The van der Waals surface area contributed by atoms with Crippen LogP contribution in [0.2, 0.25) is 0 Å². The van der Waals surface area contributed by atoms with Gasteiger partial charge in [0.15, 0.2) is 0 Å². The van der Waals surface area contributed by atoms with Crippen LogP contribution in [0.4, 0.5) is 0 Å². The highest BCUT2D eigenvalue weighted by Crippen LogP contribution is 2.25. The van der Waals surface area contributed by atoms with Crippen molar-refractivity contribution in [3.8, 4) is 0 Å².